The van der Waals surface area contributed by atoms with Gasteiger partial charge in [-0.3, -0.25) is 0 Å². The molecule has 2 nitrogen and oxygen atoms in total. The van der Waals surface area contributed by atoms with Crippen LogP contribution in [0, 0.1) is 0 Å². The Morgan fingerprint density at radius 3 is 1.46 bits per heavy atom. The Kier molecular flexibility index (Phi) is 6.53. The van der Waals surface area contributed by atoms with Gasteiger partial charge in [0.05, 0.1) is 22.1 Å². The summed E-state index contributed by atoms with van der Waals surface area (Å²) < 4.78 is 4.81. The molecule has 2 aromatic heterocycles. The summed E-state index contributed by atoms with van der Waals surface area (Å²) in [7, 11) is 0. The van der Waals surface area contributed by atoms with E-state index < -0.39 is 0 Å². The van der Waals surface area contributed by atoms with Crippen LogP contribution in [0.2, 0.25) is 0 Å². The highest BCUT2D eigenvalue weighted by Crippen LogP contribution is 2.41. The maximum absolute atomic E-state index is 2.44. The number of aromatic nitrogens is 2. The van der Waals surface area contributed by atoms with E-state index in [0.717, 1.165) is 5.69 Å². The van der Waals surface area contributed by atoms with Crippen molar-refractivity contribution in [2.45, 2.75) is 0 Å². The van der Waals surface area contributed by atoms with E-state index >= 15 is 0 Å². The number of hydrogen-bond acceptors (Lipinski definition) is 0. The Hall–Kier alpha value is -6.64. The molecule has 0 atom stereocenters. The first kappa shape index (κ1) is 28.4. The van der Waals surface area contributed by atoms with E-state index in [9.17, 15) is 0 Å². The van der Waals surface area contributed by atoms with Crippen LogP contribution in [0.3, 0.4) is 0 Å². The molecule has 234 valence electrons. The molecule has 0 saturated carbocycles. The summed E-state index contributed by atoms with van der Waals surface area (Å²) in [6.07, 6.45) is 0. The Labute approximate surface area is 290 Å². The molecule has 0 aliphatic rings. The van der Waals surface area contributed by atoms with Crippen LogP contribution in [0.4, 0.5) is 0 Å². The van der Waals surface area contributed by atoms with E-state index in [2.05, 4.69) is 203 Å². The predicted molar refractivity (Wildman–Crippen MR) is 211 cm³/mol. The van der Waals surface area contributed by atoms with Gasteiger partial charge in [0.2, 0.25) is 0 Å². The summed E-state index contributed by atoms with van der Waals surface area (Å²) in [6.45, 7) is 0. The van der Waals surface area contributed by atoms with Gasteiger partial charge < -0.3 is 9.13 Å². The van der Waals surface area contributed by atoms with Gasteiger partial charge in [-0.25, -0.2) is 0 Å². The minimum absolute atomic E-state index is 1.15. The Morgan fingerprint density at radius 1 is 0.260 bits per heavy atom. The van der Waals surface area contributed by atoms with Gasteiger partial charge in [0.15, 0.2) is 0 Å². The molecule has 0 unspecified atom stereocenters. The second-order valence-corrected chi connectivity index (χ2v) is 13.0. The van der Waals surface area contributed by atoms with Gasteiger partial charge in [0.1, 0.15) is 0 Å². The topological polar surface area (TPSA) is 9.86 Å². The first-order chi connectivity index (χ1) is 24.8. The number of nitrogens with zero attached hydrogens (tertiary/aromatic N) is 2. The summed E-state index contributed by atoms with van der Waals surface area (Å²) in [5, 5.41) is 5.01. The lowest BCUT2D eigenvalue weighted by molar-refractivity contribution is 1.18. The van der Waals surface area contributed by atoms with E-state index in [1.165, 1.54) is 82.7 Å². The van der Waals surface area contributed by atoms with Crippen molar-refractivity contribution >= 4 is 43.6 Å². The third kappa shape index (κ3) is 4.50. The van der Waals surface area contributed by atoms with E-state index in [0.29, 0.717) is 0 Å². The average molecular weight is 637 g/mol. The van der Waals surface area contributed by atoms with Gasteiger partial charge in [0, 0.05) is 38.5 Å². The fourth-order valence-electron chi connectivity index (χ4n) is 7.83. The number of rotatable bonds is 5. The molecule has 0 saturated heterocycles. The first-order valence-corrected chi connectivity index (χ1v) is 17.2. The molecule has 0 radical (unpaired) electrons. The normalized spacial score (nSPS) is 11.6. The van der Waals surface area contributed by atoms with Gasteiger partial charge in [-0.05, 0) is 88.5 Å². The molecule has 0 amide bonds. The minimum Gasteiger partial charge on any atom is -0.309 e. The third-order valence-corrected chi connectivity index (χ3v) is 10.1. The summed E-state index contributed by atoms with van der Waals surface area (Å²) >= 11 is 0. The molecular weight excluding hydrogens is 605 g/mol. The lowest BCUT2D eigenvalue weighted by atomic mass is 9.97. The molecule has 0 aliphatic carbocycles. The standard InChI is InChI=1S/C48H32N2/c1-4-14-33(15-5-1)34-16-12-17-37(30-34)40-23-13-24-42-44-32-36(27-29-47(44)50(48(40)42)39-20-8-3-9-21-39)35-26-28-46-43(31-35)41-22-10-11-25-45(41)49(46)38-18-6-2-7-19-38/h1-32H. The van der Waals surface area contributed by atoms with Crippen LogP contribution >= 0.6 is 0 Å². The summed E-state index contributed by atoms with van der Waals surface area (Å²) in [4.78, 5) is 0. The molecular formula is C48H32N2. The maximum Gasteiger partial charge on any atom is 0.0619 e. The van der Waals surface area contributed by atoms with Crippen LogP contribution in [0.5, 0.6) is 0 Å². The van der Waals surface area contributed by atoms with Crippen LogP contribution in [0.1, 0.15) is 0 Å². The summed E-state index contributed by atoms with van der Waals surface area (Å²) in [5.41, 5.74) is 14.5. The van der Waals surface area contributed by atoms with Crippen LogP contribution < -0.4 is 0 Å². The molecule has 0 bridgehead atoms. The highest BCUT2D eigenvalue weighted by atomic mass is 15.0. The van der Waals surface area contributed by atoms with Crippen LogP contribution in [0.25, 0.3) is 88.4 Å². The Morgan fingerprint density at radius 2 is 0.740 bits per heavy atom. The molecule has 0 spiro atoms. The Balaban J connectivity index is 1.19. The third-order valence-electron chi connectivity index (χ3n) is 10.1. The molecule has 8 aromatic carbocycles. The van der Waals surface area contributed by atoms with Crippen molar-refractivity contribution in [3.63, 3.8) is 0 Å². The highest BCUT2D eigenvalue weighted by Gasteiger charge is 2.18. The SMILES string of the molecule is c1ccc(-c2cccc(-c3cccc4c5cc(-c6ccc7c(c6)c6ccccc6n7-c6ccccc6)ccc5n(-c5ccccc5)c34)c2)cc1. The van der Waals surface area contributed by atoms with Crippen molar-refractivity contribution in [2.75, 3.05) is 0 Å². The fraction of sp³-hybridized carbons (Fsp3) is 0. The lowest BCUT2D eigenvalue weighted by Gasteiger charge is -2.12. The first-order valence-electron chi connectivity index (χ1n) is 17.2. The van der Waals surface area contributed by atoms with E-state index in [4.69, 9.17) is 0 Å². The zero-order valence-corrected chi connectivity index (χ0v) is 27.4. The van der Waals surface area contributed by atoms with Gasteiger partial charge >= 0.3 is 0 Å². The van der Waals surface area contributed by atoms with Crippen LogP contribution in [-0.2, 0) is 0 Å². The lowest BCUT2D eigenvalue weighted by Crippen LogP contribution is -1.95. The molecule has 10 rings (SSSR count). The van der Waals surface area contributed by atoms with Gasteiger partial charge in [0.25, 0.3) is 0 Å². The molecule has 10 aromatic rings. The zero-order chi connectivity index (χ0) is 33.0. The van der Waals surface area contributed by atoms with Crippen LogP contribution in [0.15, 0.2) is 194 Å². The van der Waals surface area contributed by atoms with Crippen molar-refractivity contribution in [1.82, 2.24) is 9.13 Å². The molecule has 50 heavy (non-hydrogen) atoms. The van der Waals surface area contributed by atoms with Crippen molar-refractivity contribution in [2.24, 2.45) is 0 Å². The molecule has 2 heterocycles. The summed E-state index contributed by atoms with van der Waals surface area (Å²) in [5.74, 6) is 0. The van der Waals surface area contributed by atoms with E-state index in [1.54, 1.807) is 0 Å². The highest BCUT2D eigenvalue weighted by molar-refractivity contribution is 6.15. The average Bonchev–Trinajstić information content (AvgIpc) is 3.71. The van der Waals surface area contributed by atoms with Crippen molar-refractivity contribution in [3.8, 4) is 44.8 Å². The number of hydrogen-bond donors (Lipinski definition) is 0. The largest absolute Gasteiger partial charge is 0.309 e. The smallest absolute Gasteiger partial charge is 0.0619 e. The summed E-state index contributed by atoms with van der Waals surface area (Å²) in [6, 6.07) is 70.4. The van der Waals surface area contributed by atoms with E-state index in [1.807, 2.05) is 0 Å². The monoisotopic (exact) mass is 636 g/mol. The number of para-hydroxylation sites is 4. The maximum atomic E-state index is 2.44. The second-order valence-electron chi connectivity index (χ2n) is 13.0. The predicted octanol–water partition coefficient (Wildman–Crippen LogP) is 12.9. The van der Waals surface area contributed by atoms with E-state index in [-0.39, 0.29) is 0 Å². The quantitative estimate of drug-likeness (QED) is 0.178. The molecule has 0 N–H and O–H groups in total. The number of benzene rings is 8. The Bertz CT molecular complexity index is 2840. The molecule has 2 heteroatoms. The van der Waals surface area contributed by atoms with Crippen molar-refractivity contribution < 1.29 is 0 Å². The van der Waals surface area contributed by atoms with Crippen LogP contribution in [-0.4, -0.2) is 9.13 Å². The molecule has 0 aliphatic heterocycles. The van der Waals surface area contributed by atoms with Gasteiger partial charge in [-0.1, -0.05) is 133 Å². The van der Waals surface area contributed by atoms with Crippen molar-refractivity contribution in [1.29, 1.82) is 0 Å². The minimum atomic E-state index is 1.15. The fourth-order valence-corrected chi connectivity index (χ4v) is 7.83. The van der Waals surface area contributed by atoms with Crippen molar-refractivity contribution in [3.05, 3.63) is 194 Å². The molecule has 0 fully saturated rings. The second kappa shape index (κ2) is 11.5. The van der Waals surface area contributed by atoms with Gasteiger partial charge in [-0.15, -0.1) is 0 Å². The number of fused-ring (bicyclic) bond motifs is 6. The van der Waals surface area contributed by atoms with Gasteiger partial charge in [-0.2, -0.15) is 0 Å². The zero-order valence-electron chi connectivity index (χ0n) is 27.4.